The first-order valence-corrected chi connectivity index (χ1v) is 11.2. The van der Waals surface area contributed by atoms with Gasteiger partial charge in [0.05, 0.1) is 5.56 Å². The minimum absolute atomic E-state index is 0.0101. The summed E-state index contributed by atoms with van der Waals surface area (Å²) in [7, 11) is 0. The number of hydrogen-bond acceptors (Lipinski definition) is 3. The monoisotopic (exact) mass is 431 g/mol. The van der Waals surface area contributed by atoms with Crippen molar-refractivity contribution in [2.75, 3.05) is 26.2 Å². The number of carbonyl (C=O) groups is 1. The summed E-state index contributed by atoms with van der Waals surface area (Å²) >= 11 is 0. The van der Waals surface area contributed by atoms with Gasteiger partial charge in [0.25, 0.3) is 11.5 Å². The highest BCUT2D eigenvalue weighted by atomic mass is 19.1. The number of carbonyl (C=O) groups excluding carboxylic acids is 1. The number of fused-ring (bicyclic) bond motifs is 1. The van der Waals surface area contributed by atoms with Gasteiger partial charge in [-0.25, -0.2) is 4.39 Å². The second-order valence-electron chi connectivity index (χ2n) is 8.53. The predicted molar refractivity (Wildman–Crippen MR) is 122 cm³/mol. The molecule has 3 aromatic rings. The Bertz CT molecular complexity index is 1180. The van der Waals surface area contributed by atoms with Crippen LogP contribution in [-0.4, -0.2) is 46.5 Å². The number of amides is 1. The van der Waals surface area contributed by atoms with Crippen molar-refractivity contribution in [1.29, 1.82) is 0 Å². The van der Waals surface area contributed by atoms with Crippen molar-refractivity contribution < 1.29 is 9.18 Å². The molecular weight excluding hydrogens is 405 g/mol. The lowest BCUT2D eigenvalue weighted by Crippen LogP contribution is -2.48. The third-order valence-electron chi connectivity index (χ3n) is 6.49. The van der Waals surface area contributed by atoms with Crippen LogP contribution in [0.15, 0.2) is 65.5 Å². The van der Waals surface area contributed by atoms with E-state index >= 15 is 0 Å². The molecule has 3 heterocycles. The van der Waals surface area contributed by atoms with E-state index in [0.29, 0.717) is 25.2 Å². The molecule has 1 fully saturated rings. The Kier molecular flexibility index (Phi) is 5.62. The van der Waals surface area contributed by atoms with Crippen molar-refractivity contribution in [3.63, 3.8) is 0 Å². The number of pyridine rings is 1. The molecule has 0 atom stereocenters. The van der Waals surface area contributed by atoms with Gasteiger partial charge in [-0.3, -0.25) is 14.5 Å². The highest BCUT2D eigenvalue weighted by Gasteiger charge is 2.30. The third kappa shape index (κ3) is 3.98. The molecule has 2 aliphatic rings. The predicted octanol–water partition coefficient (Wildman–Crippen LogP) is 3.56. The largest absolute Gasteiger partial charge is 0.336 e. The van der Waals surface area contributed by atoms with E-state index in [1.165, 1.54) is 12.1 Å². The Morgan fingerprint density at radius 2 is 1.62 bits per heavy atom. The fourth-order valence-electron chi connectivity index (χ4n) is 4.81. The Morgan fingerprint density at radius 1 is 0.906 bits per heavy atom. The Hall–Kier alpha value is -3.25. The van der Waals surface area contributed by atoms with Gasteiger partial charge >= 0.3 is 0 Å². The molecule has 0 saturated carbocycles. The van der Waals surface area contributed by atoms with Crippen molar-refractivity contribution in [2.45, 2.75) is 25.9 Å². The van der Waals surface area contributed by atoms with Gasteiger partial charge in [0.15, 0.2) is 0 Å². The minimum Gasteiger partial charge on any atom is -0.336 e. The van der Waals surface area contributed by atoms with Gasteiger partial charge < -0.3 is 9.47 Å². The SMILES string of the molecule is O=C(c1c(-c2ccccc2)cc(=O)n2c1CCC2)N1CCN(Cc2ccc(F)cc2)CC1. The van der Waals surface area contributed by atoms with Crippen LogP contribution >= 0.6 is 0 Å². The average molecular weight is 432 g/mol. The number of piperazine rings is 1. The highest BCUT2D eigenvalue weighted by Crippen LogP contribution is 2.29. The lowest BCUT2D eigenvalue weighted by Gasteiger charge is -2.35. The average Bonchev–Trinajstić information content (AvgIpc) is 3.32. The van der Waals surface area contributed by atoms with Crippen LogP contribution in [0, 0.1) is 5.82 Å². The molecule has 0 N–H and O–H groups in total. The molecule has 0 radical (unpaired) electrons. The van der Waals surface area contributed by atoms with Crippen LogP contribution in [0.2, 0.25) is 0 Å². The summed E-state index contributed by atoms with van der Waals surface area (Å²) < 4.78 is 14.9. The molecule has 1 saturated heterocycles. The van der Waals surface area contributed by atoms with Crippen molar-refractivity contribution >= 4 is 5.91 Å². The highest BCUT2D eigenvalue weighted by molar-refractivity contribution is 6.02. The first-order valence-electron chi connectivity index (χ1n) is 11.2. The number of halogens is 1. The van der Waals surface area contributed by atoms with E-state index in [4.69, 9.17) is 0 Å². The van der Waals surface area contributed by atoms with E-state index in [0.717, 1.165) is 54.9 Å². The van der Waals surface area contributed by atoms with Gasteiger partial charge in [-0.15, -0.1) is 0 Å². The molecule has 0 aliphatic carbocycles. The quantitative estimate of drug-likeness (QED) is 0.635. The summed E-state index contributed by atoms with van der Waals surface area (Å²) in [5.41, 5.74) is 4.23. The molecule has 2 aliphatic heterocycles. The van der Waals surface area contributed by atoms with E-state index in [2.05, 4.69) is 4.90 Å². The van der Waals surface area contributed by atoms with Gasteiger partial charge in [-0.1, -0.05) is 42.5 Å². The zero-order valence-electron chi connectivity index (χ0n) is 18.0. The summed E-state index contributed by atoms with van der Waals surface area (Å²) in [6.07, 6.45) is 1.64. The van der Waals surface area contributed by atoms with E-state index in [1.807, 2.05) is 47.4 Å². The molecular formula is C26H26FN3O2. The molecule has 5 nitrogen and oxygen atoms in total. The molecule has 1 amide bonds. The van der Waals surface area contributed by atoms with Crippen molar-refractivity contribution in [3.8, 4) is 11.1 Å². The first-order chi connectivity index (χ1) is 15.6. The molecule has 0 unspecified atom stereocenters. The Labute approximate surface area is 186 Å². The zero-order valence-corrected chi connectivity index (χ0v) is 18.0. The second-order valence-corrected chi connectivity index (χ2v) is 8.53. The van der Waals surface area contributed by atoms with Crippen LogP contribution in [0.5, 0.6) is 0 Å². The van der Waals surface area contributed by atoms with Crippen molar-refractivity contribution in [1.82, 2.24) is 14.4 Å². The smallest absolute Gasteiger partial charge is 0.256 e. The van der Waals surface area contributed by atoms with E-state index in [9.17, 15) is 14.0 Å². The van der Waals surface area contributed by atoms with Crippen LogP contribution in [0.4, 0.5) is 4.39 Å². The van der Waals surface area contributed by atoms with Gasteiger partial charge in [-0.2, -0.15) is 0 Å². The molecule has 5 rings (SSSR count). The molecule has 32 heavy (non-hydrogen) atoms. The molecule has 0 spiro atoms. The summed E-state index contributed by atoms with van der Waals surface area (Å²) in [5, 5.41) is 0. The zero-order chi connectivity index (χ0) is 22.1. The second kappa shape index (κ2) is 8.71. The van der Waals surface area contributed by atoms with Gasteiger partial charge in [-0.05, 0) is 36.1 Å². The summed E-state index contributed by atoms with van der Waals surface area (Å²) in [6.45, 7) is 4.21. The number of benzene rings is 2. The Morgan fingerprint density at radius 3 is 2.34 bits per heavy atom. The number of hydrogen-bond donors (Lipinski definition) is 0. The fourth-order valence-corrected chi connectivity index (χ4v) is 4.81. The minimum atomic E-state index is -0.229. The van der Waals surface area contributed by atoms with Crippen LogP contribution in [-0.2, 0) is 19.5 Å². The van der Waals surface area contributed by atoms with Crippen molar-refractivity contribution in [2.24, 2.45) is 0 Å². The van der Waals surface area contributed by atoms with Crippen LogP contribution < -0.4 is 5.56 Å². The molecule has 164 valence electrons. The summed E-state index contributed by atoms with van der Waals surface area (Å²) in [5.74, 6) is -0.219. The standard InChI is InChI=1S/C26H26FN3O2/c27-21-10-8-19(9-11-21)18-28-13-15-29(16-14-28)26(32)25-22(20-5-2-1-3-6-20)17-24(31)30-12-4-7-23(25)30/h1-3,5-6,8-11,17H,4,7,12-16,18H2. The number of aromatic nitrogens is 1. The van der Waals surface area contributed by atoms with E-state index in [1.54, 1.807) is 10.6 Å². The van der Waals surface area contributed by atoms with Gasteiger partial charge in [0.2, 0.25) is 0 Å². The lowest BCUT2D eigenvalue weighted by molar-refractivity contribution is 0.0627. The molecule has 0 bridgehead atoms. The van der Waals surface area contributed by atoms with Crippen molar-refractivity contribution in [3.05, 3.63) is 93.7 Å². The molecule has 6 heteroatoms. The number of nitrogens with zero attached hydrogens (tertiary/aromatic N) is 3. The maximum atomic E-state index is 13.7. The third-order valence-corrected chi connectivity index (χ3v) is 6.49. The maximum Gasteiger partial charge on any atom is 0.256 e. The maximum absolute atomic E-state index is 13.7. The fraction of sp³-hybridized carbons (Fsp3) is 0.308. The van der Waals surface area contributed by atoms with Crippen LogP contribution in [0.25, 0.3) is 11.1 Å². The van der Waals surface area contributed by atoms with Crippen LogP contribution in [0.3, 0.4) is 0 Å². The van der Waals surface area contributed by atoms with Gasteiger partial charge in [0, 0.05) is 56.6 Å². The number of rotatable bonds is 4. The normalized spacial score (nSPS) is 16.2. The lowest BCUT2D eigenvalue weighted by atomic mass is 9.96. The van der Waals surface area contributed by atoms with Crippen LogP contribution in [0.1, 0.15) is 28.0 Å². The summed E-state index contributed by atoms with van der Waals surface area (Å²) in [4.78, 5) is 30.6. The van der Waals surface area contributed by atoms with E-state index in [-0.39, 0.29) is 17.3 Å². The molecule has 1 aromatic heterocycles. The molecule has 2 aromatic carbocycles. The van der Waals surface area contributed by atoms with E-state index < -0.39 is 0 Å². The topological polar surface area (TPSA) is 45.6 Å². The van der Waals surface area contributed by atoms with Gasteiger partial charge in [0.1, 0.15) is 5.82 Å². The summed E-state index contributed by atoms with van der Waals surface area (Å²) in [6, 6.07) is 17.9. The Balaban J connectivity index is 1.39. The first kappa shape index (κ1) is 20.6.